The fourth-order valence-corrected chi connectivity index (χ4v) is 1.15. The summed E-state index contributed by atoms with van der Waals surface area (Å²) in [6, 6.07) is 1.85. The third-order valence-corrected chi connectivity index (χ3v) is 1.80. The fraction of sp³-hybridized carbons (Fsp3) is 0.250. The second-order valence-corrected chi connectivity index (χ2v) is 2.89. The lowest BCUT2D eigenvalue weighted by atomic mass is 10.2. The van der Waals surface area contributed by atoms with Gasteiger partial charge in [0.1, 0.15) is 5.76 Å². The van der Waals surface area contributed by atoms with E-state index >= 15 is 0 Å². The Labute approximate surface area is 89.0 Å². The van der Waals surface area contributed by atoms with Gasteiger partial charge in [-0.05, 0) is 25.5 Å². The first-order valence-corrected chi connectivity index (χ1v) is 4.80. The van der Waals surface area contributed by atoms with Crippen LogP contribution in [0.15, 0.2) is 35.5 Å². The molecule has 0 saturated carbocycles. The molecule has 1 heterocycles. The second kappa shape index (κ2) is 5.86. The highest BCUT2D eigenvalue weighted by Crippen LogP contribution is 2.13. The van der Waals surface area contributed by atoms with Gasteiger partial charge in [0.2, 0.25) is 0 Å². The molecule has 80 valence electrons. The average Bonchev–Trinajstić information content (AvgIpc) is 2.64. The maximum absolute atomic E-state index is 11.0. The van der Waals surface area contributed by atoms with Gasteiger partial charge in [0, 0.05) is 11.6 Å². The van der Waals surface area contributed by atoms with Gasteiger partial charge >= 0.3 is 5.97 Å². The molecule has 0 saturated heterocycles. The first kappa shape index (κ1) is 11.3. The van der Waals surface area contributed by atoms with Gasteiger partial charge in [-0.2, -0.15) is 0 Å². The summed E-state index contributed by atoms with van der Waals surface area (Å²) in [7, 11) is 0. The van der Waals surface area contributed by atoms with Crippen LogP contribution in [0.25, 0.3) is 6.08 Å². The van der Waals surface area contributed by atoms with Crippen LogP contribution in [-0.2, 0) is 16.0 Å². The predicted molar refractivity (Wildman–Crippen MR) is 58.3 cm³/mol. The Hall–Kier alpha value is -1.77. The Morgan fingerprint density at radius 2 is 2.47 bits per heavy atom. The summed E-state index contributed by atoms with van der Waals surface area (Å²) in [5.74, 6) is 0.307. The van der Waals surface area contributed by atoms with E-state index in [1.807, 2.05) is 6.07 Å². The number of rotatable bonds is 5. The van der Waals surface area contributed by atoms with E-state index in [0.29, 0.717) is 12.4 Å². The third-order valence-electron chi connectivity index (χ3n) is 1.80. The Kier molecular flexibility index (Phi) is 4.41. The van der Waals surface area contributed by atoms with Gasteiger partial charge in [0.05, 0.1) is 12.9 Å². The van der Waals surface area contributed by atoms with E-state index in [1.165, 1.54) is 6.08 Å². The molecular formula is C12H14O3. The van der Waals surface area contributed by atoms with Gasteiger partial charge in [0.25, 0.3) is 0 Å². The summed E-state index contributed by atoms with van der Waals surface area (Å²) < 4.78 is 9.96. The molecule has 1 aromatic rings. The number of hydrogen-bond donors (Lipinski definition) is 0. The van der Waals surface area contributed by atoms with Crippen molar-refractivity contribution in [3.05, 3.63) is 42.4 Å². The number of ether oxygens (including phenoxy) is 1. The Balaban J connectivity index is 2.66. The molecule has 0 aliphatic heterocycles. The van der Waals surface area contributed by atoms with Gasteiger partial charge in [0.15, 0.2) is 0 Å². The molecule has 0 atom stereocenters. The number of furan rings is 1. The number of carbonyl (C=O) groups excluding carboxylic acids is 1. The molecule has 0 amide bonds. The molecule has 0 aliphatic carbocycles. The molecule has 15 heavy (non-hydrogen) atoms. The van der Waals surface area contributed by atoms with Crippen molar-refractivity contribution < 1.29 is 13.9 Å². The standard InChI is InChI=1S/C12H14O3/c1-3-5-10-8-9-15-11(10)6-7-12(13)14-4-2/h3,6-9H,1,4-5H2,2H3/b7-6+. The SMILES string of the molecule is C=CCc1ccoc1/C=C/C(=O)OCC. The molecule has 0 aliphatic rings. The largest absolute Gasteiger partial charge is 0.465 e. The summed E-state index contributed by atoms with van der Waals surface area (Å²) >= 11 is 0. The third kappa shape index (κ3) is 3.46. The fourth-order valence-electron chi connectivity index (χ4n) is 1.15. The topological polar surface area (TPSA) is 39.4 Å². The molecule has 0 N–H and O–H groups in total. The van der Waals surface area contributed by atoms with Crippen LogP contribution < -0.4 is 0 Å². The molecule has 0 spiro atoms. The van der Waals surface area contributed by atoms with Crippen LogP contribution in [0.4, 0.5) is 0 Å². The number of allylic oxidation sites excluding steroid dienone is 1. The van der Waals surface area contributed by atoms with E-state index in [0.717, 1.165) is 12.0 Å². The minimum absolute atomic E-state index is 0.363. The zero-order valence-corrected chi connectivity index (χ0v) is 8.73. The van der Waals surface area contributed by atoms with Gasteiger partial charge in [-0.25, -0.2) is 4.79 Å². The van der Waals surface area contributed by atoms with E-state index in [9.17, 15) is 4.79 Å². The van der Waals surface area contributed by atoms with Gasteiger partial charge in [-0.15, -0.1) is 6.58 Å². The lowest BCUT2D eigenvalue weighted by Crippen LogP contribution is -1.98. The normalized spacial score (nSPS) is 10.5. The molecule has 1 aromatic heterocycles. The highest BCUT2D eigenvalue weighted by molar-refractivity contribution is 5.86. The molecular weight excluding hydrogens is 192 g/mol. The van der Waals surface area contributed by atoms with E-state index in [4.69, 9.17) is 9.15 Å². The molecule has 3 nitrogen and oxygen atoms in total. The molecule has 0 aromatic carbocycles. The predicted octanol–water partition coefficient (Wildman–Crippen LogP) is 2.58. The monoisotopic (exact) mass is 206 g/mol. The van der Waals surface area contributed by atoms with Crippen LogP contribution in [-0.4, -0.2) is 12.6 Å². The average molecular weight is 206 g/mol. The maximum atomic E-state index is 11.0. The zero-order chi connectivity index (χ0) is 11.1. The van der Waals surface area contributed by atoms with Gasteiger partial charge < -0.3 is 9.15 Å². The van der Waals surface area contributed by atoms with Crippen molar-refractivity contribution in [1.29, 1.82) is 0 Å². The lowest BCUT2D eigenvalue weighted by molar-refractivity contribution is -0.137. The van der Waals surface area contributed by atoms with Crippen molar-refractivity contribution in [2.45, 2.75) is 13.3 Å². The molecule has 1 rings (SSSR count). The Morgan fingerprint density at radius 1 is 1.67 bits per heavy atom. The van der Waals surface area contributed by atoms with Crippen LogP contribution in [0.2, 0.25) is 0 Å². The van der Waals surface area contributed by atoms with E-state index < -0.39 is 0 Å². The van der Waals surface area contributed by atoms with Crippen LogP contribution in [0, 0.1) is 0 Å². The lowest BCUT2D eigenvalue weighted by Gasteiger charge is -1.95. The van der Waals surface area contributed by atoms with Crippen molar-refractivity contribution in [2.24, 2.45) is 0 Å². The van der Waals surface area contributed by atoms with Crippen molar-refractivity contribution in [1.82, 2.24) is 0 Å². The summed E-state index contributed by atoms with van der Waals surface area (Å²) in [6.45, 7) is 5.79. The maximum Gasteiger partial charge on any atom is 0.330 e. The molecule has 0 bridgehead atoms. The smallest absolute Gasteiger partial charge is 0.330 e. The van der Waals surface area contributed by atoms with E-state index in [1.54, 1.807) is 25.3 Å². The summed E-state index contributed by atoms with van der Waals surface area (Å²) in [4.78, 5) is 11.0. The molecule has 3 heteroatoms. The highest BCUT2D eigenvalue weighted by atomic mass is 16.5. The quantitative estimate of drug-likeness (QED) is 0.422. The van der Waals surface area contributed by atoms with Crippen molar-refractivity contribution in [3.63, 3.8) is 0 Å². The highest BCUT2D eigenvalue weighted by Gasteiger charge is 2.02. The molecule has 0 fully saturated rings. The van der Waals surface area contributed by atoms with Gasteiger partial charge in [-0.3, -0.25) is 0 Å². The Morgan fingerprint density at radius 3 is 3.13 bits per heavy atom. The zero-order valence-electron chi connectivity index (χ0n) is 8.73. The van der Waals surface area contributed by atoms with E-state index in [-0.39, 0.29) is 5.97 Å². The second-order valence-electron chi connectivity index (χ2n) is 2.89. The molecule has 0 unspecified atom stereocenters. The minimum atomic E-state index is -0.363. The summed E-state index contributed by atoms with van der Waals surface area (Å²) in [5.41, 5.74) is 1.01. The summed E-state index contributed by atoms with van der Waals surface area (Å²) in [6.07, 6.45) is 7.06. The molecule has 0 radical (unpaired) electrons. The Bertz CT molecular complexity index is 361. The van der Waals surface area contributed by atoms with Crippen molar-refractivity contribution in [3.8, 4) is 0 Å². The van der Waals surface area contributed by atoms with Crippen molar-refractivity contribution >= 4 is 12.0 Å². The number of esters is 1. The first-order chi connectivity index (χ1) is 7.27. The van der Waals surface area contributed by atoms with Crippen LogP contribution in [0.3, 0.4) is 0 Å². The minimum Gasteiger partial charge on any atom is -0.465 e. The summed E-state index contributed by atoms with van der Waals surface area (Å²) in [5, 5.41) is 0. The van der Waals surface area contributed by atoms with Gasteiger partial charge in [-0.1, -0.05) is 6.08 Å². The number of carbonyl (C=O) groups is 1. The van der Waals surface area contributed by atoms with Crippen LogP contribution in [0.5, 0.6) is 0 Å². The van der Waals surface area contributed by atoms with E-state index in [2.05, 4.69) is 6.58 Å². The van der Waals surface area contributed by atoms with Crippen LogP contribution >= 0.6 is 0 Å². The van der Waals surface area contributed by atoms with Crippen molar-refractivity contribution in [2.75, 3.05) is 6.61 Å². The number of hydrogen-bond acceptors (Lipinski definition) is 3. The first-order valence-electron chi connectivity index (χ1n) is 4.80. The van der Waals surface area contributed by atoms with Crippen LogP contribution in [0.1, 0.15) is 18.2 Å².